The first kappa shape index (κ1) is 14.6. The highest BCUT2D eigenvalue weighted by Gasteiger charge is 2.06. The number of hydrogen-bond acceptors (Lipinski definition) is 1. The quantitative estimate of drug-likeness (QED) is 0.305. The first-order valence-corrected chi connectivity index (χ1v) is 9.27. The molecule has 0 saturated carbocycles. The van der Waals surface area contributed by atoms with E-state index in [1.165, 1.54) is 42.1 Å². The van der Waals surface area contributed by atoms with Crippen molar-refractivity contribution in [1.29, 1.82) is 0 Å². The van der Waals surface area contributed by atoms with Crippen molar-refractivity contribution in [2.75, 3.05) is 0 Å². The minimum atomic E-state index is 1.27. The second-order valence-corrected chi connectivity index (χ2v) is 7.41. The molecular weight excluding hydrogens is 320 g/mol. The number of benzene rings is 5. The highest BCUT2D eigenvalue weighted by atomic mass is 32.2. The lowest BCUT2D eigenvalue weighted by atomic mass is 10.00. The average Bonchev–Trinajstić information content (AvgIpc) is 2.66. The van der Waals surface area contributed by atoms with Crippen LogP contribution in [-0.4, -0.2) is 0 Å². The normalized spacial score (nSPS) is 11.4. The number of hydrogen-bond donors (Lipinski definition) is 0. The molecule has 0 radical (unpaired) electrons. The van der Waals surface area contributed by atoms with Crippen LogP contribution in [0.4, 0.5) is 0 Å². The SMILES string of the molecule is c1ccc(Sc2cccc3cc4cc5ccccc5cc4cc23)cc1. The lowest BCUT2D eigenvalue weighted by molar-refractivity contribution is 1.44. The van der Waals surface area contributed by atoms with Crippen molar-refractivity contribution in [3.05, 3.63) is 97.1 Å². The zero-order valence-electron chi connectivity index (χ0n) is 13.6. The Bertz CT molecular complexity index is 1210. The van der Waals surface area contributed by atoms with E-state index in [1.807, 2.05) is 11.8 Å². The molecule has 0 bridgehead atoms. The van der Waals surface area contributed by atoms with Gasteiger partial charge in [0.15, 0.2) is 0 Å². The van der Waals surface area contributed by atoms with Gasteiger partial charge in [0.25, 0.3) is 0 Å². The molecule has 0 nitrogen and oxygen atoms in total. The predicted molar refractivity (Wildman–Crippen MR) is 110 cm³/mol. The van der Waals surface area contributed by atoms with Crippen LogP contribution in [0.1, 0.15) is 0 Å². The van der Waals surface area contributed by atoms with Crippen LogP contribution in [0, 0.1) is 0 Å². The highest BCUT2D eigenvalue weighted by Crippen LogP contribution is 2.36. The molecule has 0 fully saturated rings. The smallest absolute Gasteiger partial charge is 0.0201 e. The van der Waals surface area contributed by atoms with E-state index in [0.717, 1.165) is 0 Å². The minimum absolute atomic E-state index is 1.27. The Balaban J connectivity index is 1.74. The summed E-state index contributed by atoms with van der Waals surface area (Å²) >= 11 is 1.83. The Labute approximate surface area is 151 Å². The van der Waals surface area contributed by atoms with Crippen molar-refractivity contribution >= 4 is 44.1 Å². The third kappa shape index (κ3) is 2.67. The molecular formula is C24H16S. The summed E-state index contributed by atoms with van der Waals surface area (Å²) < 4.78 is 0. The summed E-state index contributed by atoms with van der Waals surface area (Å²) in [4.78, 5) is 2.58. The summed E-state index contributed by atoms with van der Waals surface area (Å²) in [5, 5.41) is 7.80. The van der Waals surface area contributed by atoms with Crippen molar-refractivity contribution in [2.45, 2.75) is 9.79 Å². The van der Waals surface area contributed by atoms with E-state index in [1.54, 1.807) is 0 Å². The first-order chi connectivity index (χ1) is 12.4. The summed E-state index contributed by atoms with van der Waals surface area (Å²) in [5.41, 5.74) is 0. The van der Waals surface area contributed by atoms with E-state index >= 15 is 0 Å². The van der Waals surface area contributed by atoms with E-state index in [4.69, 9.17) is 0 Å². The van der Waals surface area contributed by atoms with Gasteiger partial charge in [-0.15, -0.1) is 0 Å². The molecule has 0 saturated heterocycles. The molecule has 0 N–H and O–H groups in total. The van der Waals surface area contributed by atoms with Gasteiger partial charge in [0.1, 0.15) is 0 Å². The molecule has 0 spiro atoms. The molecule has 0 unspecified atom stereocenters. The van der Waals surface area contributed by atoms with Gasteiger partial charge in [0.2, 0.25) is 0 Å². The first-order valence-electron chi connectivity index (χ1n) is 8.45. The fraction of sp³-hybridized carbons (Fsp3) is 0. The largest absolute Gasteiger partial charge is 0.0895 e. The standard InChI is InChI=1S/C24H16S/c1-2-10-22(11-3-1)25-24-12-6-9-19-15-20-13-17-7-4-5-8-18(17)14-21(20)16-23(19)24/h1-16H. The molecule has 0 aromatic heterocycles. The zero-order chi connectivity index (χ0) is 16.6. The van der Waals surface area contributed by atoms with E-state index in [9.17, 15) is 0 Å². The molecule has 0 aliphatic heterocycles. The average molecular weight is 336 g/mol. The Morgan fingerprint density at radius 1 is 0.440 bits per heavy atom. The van der Waals surface area contributed by atoms with Crippen LogP contribution in [0.3, 0.4) is 0 Å². The second-order valence-electron chi connectivity index (χ2n) is 6.29. The maximum absolute atomic E-state index is 2.34. The second kappa shape index (κ2) is 5.94. The molecule has 118 valence electrons. The van der Waals surface area contributed by atoms with Gasteiger partial charge >= 0.3 is 0 Å². The van der Waals surface area contributed by atoms with Crippen LogP contribution in [-0.2, 0) is 0 Å². The maximum atomic E-state index is 2.34. The summed E-state index contributed by atoms with van der Waals surface area (Å²) in [6.45, 7) is 0. The van der Waals surface area contributed by atoms with Gasteiger partial charge in [-0.25, -0.2) is 0 Å². The molecule has 0 atom stereocenters. The molecule has 25 heavy (non-hydrogen) atoms. The fourth-order valence-corrected chi connectivity index (χ4v) is 4.37. The summed E-state index contributed by atoms with van der Waals surface area (Å²) in [6.07, 6.45) is 0. The highest BCUT2D eigenvalue weighted by molar-refractivity contribution is 7.99. The van der Waals surface area contributed by atoms with E-state index in [2.05, 4.69) is 97.1 Å². The zero-order valence-corrected chi connectivity index (χ0v) is 14.5. The Kier molecular flexibility index (Phi) is 3.46. The van der Waals surface area contributed by atoms with Crippen LogP contribution in [0.25, 0.3) is 32.3 Å². The van der Waals surface area contributed by atoms with Crippen molar-refractivity contribution in [1.82, 2.24) is 0 Å². The van der Waals surface area contributed by atoms with Crippen molar-refractivity contribution in [3.8, 4) is 0 Å². The van der Waals surface area contributed by atoms with Gasteiger partial charge in [-0.3, -0.25) is 0 Å². The van der Waals surface area contributed by atoms with E-state index in [-0.39, 0.29) is 0 Å². The summed E-state index contributed by atoms with van der Waals surface area (Å²) in [6, 6.07) is 35.0. The Hall–Kier alpha value is -2.77. The van der Waals surface area contributed by atoms with Crippen molar-refractivity contribution in [2.24, 2.45) is 0 Å². The summed E-state index contributed by atoms with van der Waals surface area (Å²) in [7, 11) is 0. The molecule has 0 amide bonds. The van der Waals surface area contributed by atoms with Crippen molar-refractivity contribution in [3.63, 3.8) is 0 Å². The lowest BCUT2D eigenvalue weighted by Gasteiger charge is -2.09. The van der Waals surface area contributed by atoms with Gasteiger partial charge < -0.3 is 0 Å². The van der Waals surface area contributed by atoms with Crippen molar-refractivity contribution < 1.29 is 0 Å². The van der Waals surface area contributed by atoms with Crippen LogP contribution in [0.5, 0.6) is 0 Å². The van der Waals surface area contributed by atoms with Crippen LogP contribution >= 0.6 is 11.8 Å². The molecule has 0 aliphatic rings. The molecule has 5 aromatic carbocycles. The molecule has 5 aromatic rings. The van der Waals surface area contributed by atoms with Gasteiger partial charge in [-0.2, -0.15) is 0 Å². The summed E-state index contributed by atoms with van der Waals surface area (Å²) in [5.74, 6) is 0. The van der Waals surface area contributed by atoms with E-state index < -0.39 is 0 Å². The Morgan fingerprint density at radius 3 is 1.80 bits per heavy atom. The van der Waals surface area contributed by atoms with Gasteiger partial charge in [-0.1, -0.05) is 66.4 Å². The topological polar surface area (TPSA) is 0 Å². The third-order valence-corrected chi connectivity index (χ3v) is 5.72. The van der Waals surface area contributed by atoms with Gasteiger partial charge in [0.05, 0.1) is 0 Å². The maximum Gasteiger partial charge on any atom is 0.0201 e. The monoisotopic (exact) mass is 336 g/mol. The predicted octanol–water partition coefficient (Wildman–Crippen LogP) is 7.30. The Morgan fingerprint density at radius 2 is 1.04 bits per heavy atom. The third-order valence-electron chi connectivity index (χ3n) is 4.63. The van der Waals surface area contributed by atoms with Gasteiger partial charge in [0, 0.05) is 9.79 Å². The van der Waals surface area contributed by atoms with Crippen LogP contribution < -0.4 is 0 Å². The van der Waals surface area contributed by atoms with Gasteiger partial charge in [-0.05, 0) is 74.8 Å². The molecule has 5 rings (SSSR count). The van der Waals surface area contributed by atoms with Crippen LogP contribution in [0.2, 0.25) is 0 Å². The lowest BCUT2D eigenvalue weighted by Crippen LogP contribution is -1.81. The van der Waals surface area contributed by atoms with Crippen LogP contribution in [0.15, 0.2) is 107 Å². The fourth-order valence-electron chi connectivity index (χ4n) is 3.39. The molecule has 0 aliphatic carbocycles. The minimum Gasteiger partial charge on any atom is -0.0895 e. The van der Waals surface area contributed by atoms with E-state index in [0.29, 0.717) is 0 Å². The number of rotatable bonds is 2. The number of fused-ring (bicyclic) bond motifs is 3. The molecule has 0 heterocycles. The molecule has 1 heteroatoms.